The molecule has 160 valence electrons. The Balaban J connectivity index is 1.37. The first-order chi connectivity index (χ1) is 15.2. The molecule has 3 aromatic carbocycles. The second kappa shape index (κ2) is 10.4. The van der Waals surface area contributed by atoms with Crippen LogP contribution >= 0.6 is 11.6 Å². The van der Waals surface area contributed by atoms with Crippen molar-refractivity contribution in [2.45, 2.75) is 26.5 Å². The number of nitrogens with one attached hydrogen (secondary N) is 2. The highest BCUT2D eigenvalue weighted by Gasteiger charge is 2.12. The normalized spacial score (nSPS) is 11.0. The van der Waals surface area contributed by atoms with Gasteiger partial charge in [0.05, 0.1) is 6.61 Å². The van der Waals surface area contributed by atoms with E-state index in [-0.39, 0.29) is 0 Å². The summed E-state index contributed by atoms with van der Waals surface area (Å²) in [5.41, 5.74) is 4.59. The van der Waals surface area contributed by atoms with E-state index in [0.717, 1.165) is 29.8 Å². The van der Waals surface area contributed by atoms with Crippen molar-refractivity contribution in [1.29, 1.82) is 0 Å². The molecule has 0 bridgehead atoms. The number of para-hydroxylation sites is 1. The van der Waals surface area contributed by atoms with Gasteiger partial charge in [0.15, 0.2) is 11.5 Å². The molecule has 0 saturated heterocycles. The molecule has 1 aromatic heterocycles. The van der Waals surface area contributed by atoms with Crippen LogP contribution in [0.4, 0.5) is 0 Å². The van der Waals surface area contributed by atoms with E-state index in [9.17, 15) is 0 Å². The van der Waals surface area contributed by atoms with Crippen molar-refractivity contribution in [3.8, 4) is 11.5 Å². The standard InChI is InChI=1S/C26H27ClN2O2/c1-2-30-25-14-21(23(27)15-26(25)31-18-19-8-4-3-5-9-19)16-28-13-12-20-17-29-24-11-7-6-10-22(20)24/h3-11,14-15,17,28-29H,2,12-13,16,18H2,1H3. The number of aromatic nitrogens is 1. The number of halogens is 1. The van der Waals surface area contributed by atoms with E-state index >= 15 is 0 Å². The lowest BCUT2D eigenvalue weighted by atomic mass is 10.1. The average Bonchev–Trinajstić information content (AvgIpc) is 3.21. The maximum absolute atomic E-state index is 6.56. The number of hydrogen-bond acceptors (Lipinski definition) is 3. The largest absolute Gasteiger partial charge is 0.490 e. The predicted molar refractivity (Wildman–Crippen MR) is 127 cm³/mol. The van der Waals surface area contributed by atoms with Crippen molar-refractivity contribution in [3.63, 3.8) is 0 Å². The van der Waals surface area contributed by atoms with Crippen LogP contribution in [0.2, 0.25) is 5.02 Å². The van der Waals surface area contributed by atoms with Crippen LogP contribution < -0.4 is 14.8 Å². The summed E-state index contributed by atoms with van der Waals surface area (Å²) < 4.78 is 11.8. The quantitative estimate of drug-likeness (QED) is 0.295. The van der Waals surface area contributed by atoms with Gasteiger partial charge in [-0.3, -0.25) is 0 Å². The molecular weight excluding hydrogens is 408 g/mol. The van der Waals surface area contributed by atoms with Crippen LogP contribution in [0.5, 0.6) is 11.5 Å². The molecule has 0 aliphatic heterocycles. The first-order valence-electron chi connectivity index (χ1n) is 10.6. The predicted octanol–water partition coefficient (Wildman–Crippen LogP) is 6.13. The second-order valence-corrected chi connectivity index (χ2v) is 7.79. The van der Waals surface area contributed by atoms with Crippen LogP contribution in [0.3, 0.4) is 0 Å². The summed E-state index contributed by atoms with van der Waals surface area (Å²) in [5.74, 6) is 1.38. The van der Waals surface area contributed by atoms with E-state index in [1.165, 1.54) is 16.5 Å². The maximum Gasteiger partial charge on any atom is 0.163 e. The number of fused-ring (bicyclic) bond motifs is 1. The number of rotatable bonds is 10. The molecule has 1 heterocycles. The highest BCUT2D eigenvalue weighted by molar-refractivity contribution is 6.31. The number of benzene rings is 3. The summed E-state index contributed by atoms with van der Waals surface area (Å²) in [6, 6.07) is 22.3. The molecule has 4 aromatic rings. The summed E-state index contributed by atoms with van der Waals surface area (Å²) >= 11 is 6.56. The van der Waals surface area contributed by atoms with Gasteiger partial charge in [-0.15, -0.1) is 0 Å². The summed E-state index contributed by atoms with van der Waals surface area (Å²) in [5, 5.41) is 5.45. The zero-order valence-electron chi connectivity index (χ0n) is 17.7. The monoisotopic (exact) mass is 434 g/mol. The molecule has 4 nitrogen and oxygen atoms in total. The highest BCUT2D eigenvalue weighted by atomic mass is 35.5. The molecule has 5 heteroatoms. The average molecular weight is 435 g/mol. The van der Waals surface area contributed by atoms with Crippen molar-refractivity contribution in [2.75, 3.05) is 13.2 Å². The fourth-order valence-corrected chi connectivity index (χ4v) is 3.83. The molecule has 0 atom stereocenters. The SMILES string of the molecule is CCOc1cc(CNCCc2c[nH]c3ccccc23)c(Cl)cc1OCc1ccccc1. The van der Waals surface area contributed by atoms with Crippen LogP contribution in [-0.2, 0) is 19.6 Å². The Bertz CT molecular complexity index is 1120. The van der Waals surface area contributed by atoms with Gasteiger partial charge in [-0.05, 0) is 48.7 Å². The lowest BCUT2D eigenvalue weighted by Crippen LogP contribution is -2.17. The Hall–Kier alpha value is -2.95. The molecule has 4 rings (SSSR count). The van der Waals surface area contributed by atoms with Crippen LogP contribution in [-0.4, -0.2) is 18.1 Å². The smallest absolute Gasteiger partial charge is 0.163 e. The third-order valence-corrected chi connectivity index (χ3v) is 5.56. The van der Waals surface area contributed by atoms with Crippen LogP contribution in [0.25, 0.3) is 10.9 Å². The van der Waals surface area contributed by atoms with E-state index in [1.54, 1.807) is 0 Å². The highest BCUT2D eigenvalue weighted by Crippen LogP contribution is 2.34. The van der Waals surface area contributed by atoms with E-state index in [0.29, 0.717) is 30.5 Å². The third kappa shape index (κ3) is 5.40. The minimum atomic E-state index is 0.472. The first-order valence-corrected chi connectivity index (χ1v) is 11.0. The molecule has 0 saturated carbocycles. The molecule has 0 aliphatic carbocycles. The fourth-order valence-electron chi connectivity index (χ4n) is 3.61. The Morgan fingerprint density at radius 2 is 1.68 bits per heavy atom. The molecule has 31 heavy (non-hydrogen) atoms. The number of ether oxygens (including phenoxy) is 2. The zero-order valence-corrected chi connectivity index (χ0v) is 18.4. The molecule has 0 amide bonds. The van der Waals surface area contributed by atoms with Gasteiger partial charge in [0.2, 0.25) is 0 Å². The van der Waals surface area contributed by atoms with Crippen molar-refractivity contribution in [2.24, 2.45) is 0 Å². The van der Waals surface area contributed by atoms with E-state index in [1.807, 2.05) is 55.5 Å². The van der Waals surface area contributed by atoms with Gasteiger partial charge in [0.1, 0.15) is 6.61 Å². The zero-order chi connectivity index (χ0) is 21.5. The van der Waals surface area contributed by atoms with Gasteiger partial charge in [0.25, 0.3) is 0 Å². The number of hydrogen-bond donors (Lipinski definition) is 2. The Kier molecular flexibility index (Phi) is 7.13. The molecule has 0 fully saturated rings. The van der Waals surface area contributed by atoms with Gasteiger partial charge < -0.3 is 19.8 Å². The van der Waals surface area contributed by atoms with Crippen LogP contribution in [0, 0.1) is 0 Å². The van der Waals surface area contributed by atoms with Crippen molar-refractivity contribution in [1.82, 2.24) is 10.3 Å². The van der Waals surface area contributed by atoms with E-state index < -0.39 is 0 Å². The second-order valence-electron chi connectivity index (χ2n) is 7.38. The first kappa shape index (κ1) is 21.3. The van der Waals surface area contributed by atoms with E-state index in [4.69, 9.17) is 21.1 Å². The van der Waals surface area contributed by atoms with Crippen molar-refractivity contribution in [3.05, 3.63) is 94.6 Å². The topological polar surface area (TPSA) is 46.3 Å². The summed E-state index contributed by atoms with van der Waals surface area (Å²) in [6.45, 7) is 4.53. The van der Waals surface area contributed by atoms with Gasteiger partial charge in [-0.1, -0.05) is 60.1 Å². The number of H-pyrrole nitrogens is 1. The minimum Gasteiger partial charge on any atom is -0.490 e. The molecule has 0 unspecified atom stereocenters. The molecule has 0 radical (unpaired) electrons. The summed E-state index contributed by atoms with van der Waals surface area (Å²) in [6.07, 6.45) is 3.03. The molecule has 2 N–H and O–H groups in total. The van der Waals surface area contributed by atoms with Crippen molar-refractivity contribution < 1.29 is 9.47 Å². The minimum absolute atomic E-state index is 0.472. The molecular formula is C26H27ClN2O2. The lowest BCUT2D eigenvalue weighted by molar-refractivity contribution is 0.269. The summed E-state index contributed by atoms with van der Waals surface area (Å²) in [4.78, 5) is 3.33. The van der Waals surface area contributed by atoms with Crippen molar-refractivity contribution >= 4 is 22.5 Å². The van der Waals surface area contributed by atoms with Gasteiger partial charge >= 0.3 is 0 Å². The molecule has 0 spiro atoms. The van der Waals surface area contributed by atoms with Gasteiger partial charge in [0, 0.05) is 34.7 Å². The van der Waals surface area contributed by atoms with E-state index in [2.05, 4.69) is 34.7 Å². The lowest BCUT2D eigenvalue weighted by Gasteiger charge is -2.15. The van der Waals surface area contributed by atoms with Gasteiger partial charge in [-0.25, -0.2) is 0 Å². The Morgan fingerprint density at radius 1 is 0.903 bits per heavy atom. The maximum atomic E-state index is 6.56. The fraction of sp³-hybridized carbons (Fsp3) is 0.231. The van der Waals surface area contributed by atoms with Gasteiger partial charge in [-0.2, -0.15) is 0 Å². The molecule has 0 aliphatic rings. The third-order valence-electron chi connectivity index (χ3n) is 5.21. The van der Waals surface area contributed by atoms with Crippen LogP contribution in [0.1, 0.15) is 23.6 Å². The summed E-state index contributed by atoms with van der Waals surface area (Å²) in [7, 11) is 0. The Labute approximate surface area is 188 Å². The Morgan fingerprint density at radius 3 is 2.52 bits per heavy atom. The number of aromatic amines is 1. The van der Waals surface area contributed by atoms with Crippen LogP contribution in [0.15, 0.2) is 72.9 Å².